The van der Waals surface area contributed by atoms with Gasteiger partial charge in [-0.25, -0.2) is 0 Å². The quantitative estimate of drug-likeness (QED) is 0.274. The standard InChI is InChI=1S/C25H28P/c1-2-3-4-5-15-22-26(23-16-9-6-10-17-23,24-18-11-7-12-19-24)25-20-13-8-14-21-25/h5-21H,2-4,22H2,1H3/q+1/b15-5+. The lowest BCUT2D eigenvalue weighted by atomic mass is 10.2. The number of hydrogen-bond donors (Lipinski definition) is 0. The highest BCUT2D eigenvalue weighted by atomic mass is 31.2. The number of unbranched alkanes of at least 4 members (excludes halogenated alkanes) is 2. The van der Waals surface area contributed by atoms with E-state index in [1.54, 1.807) is 0 Å². The van der Waals surface area contributed by atoms with Crippen LogP contribution in [0.5, 0.6) is 0 Å². The van der Waals surface area contributed by atoms with Gasteiger partial charge in [-0.15, -0.1) is 0 Å². The van der Waals surface area contributed by atoms with Crippen LogP contribution in [0.25, 0.3) is 0 Å². The molecule has 0 aliphatic carbocycles. The molecule has 132 valence electrons. The van der Waals surface area contributed by atoms with Crippen molar-refractivity contribution in [2.75, 3.05) is 6.16 Å². The fourth-order valence-corrected chi connectivity index (χ4v) is 7.52. The summed E-state index contributed by atoms with van der Waals surface area (Å²) in [4.78, 5) is 0. The normalized spacial score (nSPS) is 11.7. The lowest BCUT2D eigenvalue weighted by Gasteiger charge is -2.26. The summed E-state index contributed by atoms with van der Waals surface area (Å²) < 4.78 is 0. The van der Waals surface area contributed by atoms with Gasteiger partial charge >= 0.3 is 0 Å². The molecule has 0 amide bonds. The largest absolute Gasteiger partial charge is 0.115 e. The van der Waals surface area contributed by atoms with E-state index in [9.17, 15) is 0 Å². The lowest BCUT2D eigenvalue weighted by Crippen LogP contribution is -2.32. The zero-order valence-corrected chi connectivity index (χ0v) is 16.5. The van der Waals surface area contributed by atoms with Crippen LogP contribution in [0.1, 0.15) is 26.2 Å². The molecule has 0 aliphatic heterocycles. The second kappa shape index (κ2) is 9.51. The van der Waals surface area contributed by atoms with Gasteiger partial charge in [0.1, 0.15) is 23.2 Å². The molecule has 3 rings (SSSR count). The van der Waals surface area contributed by atoms with Crippen molar-refractivity contribution in [1.82, 2.24) is 0 Å². The molecule has 0 aromatic heterocycles. The SMILES string of the molecule is CCCC/C=C/C[P+](c1ccccc1)(c1ccccc1)c1ccccc1. The van der Waals surface area contributed by atoms with Crippen molar-refractivity contribution in [3.63, 3.8) is 0 Å². The molecule has 0 bridgehead atoms. The van der Waals surface area contributed by atoms with Crippen molar-refractivity contribution in [3.05, 3.63) is 103 Å². The summed E-state index contributed by atoms with van der Waals surface area (Å²) in [6.45, 7) is 2.25. The van der Waals surface area contributed by atoms with E-state index >= 15 is 0 Å². The number of hydrogen-bond acceptors (Lipinski definition) is 0. The highest BCUT2D eigenvalue weighted by molar-refractivity contribution is 7.95. The molecule has 1 heteroatoms. The fraction of sp³-hybridized carbons (Fsp3) is 0.200. The van der Waals surface area contributed by atoms with E-state index in [1.807, 2.05) is 0 Å². The van der Waals surface area contributed by atoms with Crippen LogP contribution in [0.4, 0.5) is 0 Å². The molecule has 0 nitrogen and oxygen atoms in total. The first-order valence-corrected chi connectivity index (χ1v) is 11.6. The Labute approximate surface area is 158 Å². The van der Waals surface area contributed by atoms with E-state index in [0.29, 0.717) is 0 Å². The summed E-state index contributed by atoms with van der Waals surface area (Å²) in [6.07, 6.45) is 9.58. The zero-order valence-electron chi connectivity index (χ0n) is 15.6. The molecule has 0 saturated carbocycles. The molecule has 0 spiro atoms. The third-order valence-corrected chi connectivity index (χ3v) is 9.16. The molecule has 0 fully saturated rings. The van der Waals surface area contributed by atoms with Gasteiger partial charge in [0, 0.05) is 0 Å². The van der Waals surface area contributed by atoms with Crippen molar-refractivity contribution in [3.8, 4) is 0 Å². The summed E-state index contributed by atoms with van der Waals surface area (Å²) in [5, 5.41) is 4.37. The smallest absolute Gasteiger partial charge is 0.0849 e. The number of allylic oxidation sites excluding steroid dienone is 2. The van der Waals surface area contributed by atoms with Crippen LogP contribution >= 0.6 is 7.26 Å². The maximum Gasteiger partial charge on any atom is 0.115 e. The third-order valence-electron chi connectivity index (χ3n) is 4.86. The zero-order chi connectivity index (χ0) is 18.1. The molecule has 0 atom stereocenters. The Balaban J connectivity index is 2.13. The van der Waals surface area contributed by atoms with E-state index in [2.05, 4.69) is 110 Å². The van der Waals surface area contributed by atoms with E-state index in [-0.39, 0.29) is 0 Å². The molecule has 3 aromatic carbocycles. The van der Waals surface area contributed by atoms with Gasteiger partial charge < -0.3 is 0 Å². The molecule has 0 heterocycles. The van der Waals surface area contributed by atoms with E-state index in [4.69, 9.17) is 0 Å². The van der Waals surface area contributed by atoms with Crippen LogP contribution in [0.2, 0.25) is 0 Å². The van der Waals surface area contributed by atoms with Gasteiger partial charge in [-0.2, -0.15) is 0 Å². The summed E-state index contributed by atoms with van der Waals surface area (Å²) >= 11 is 0. The van der Waals surface area contributed by atoms with Crippen LogP contribution in [0.3, 0.4) is 0 Å². The lowest BCUT2D eigenvalue weighted by molar-refractivity contribution is 0.814. The van der Waals surface area contributed by atoms with Crippen molar-refractivity contribution in [1.29, 1.82) is 0 Å². The maximum absolute atomic E-state index is 2.43. The summed E-state index contributed by atoms with van der Waals surface area (Å²) in [5.41, 5.74) is 0. The monoisotopic (exact) mass is 359 g/mol. The third kappa shape index (κ3) is 4.14. The van der Waals surface area contributed by atoms with Crippen LogP contribution < -0.4 is 15.9 Å². The molecular weight excluding hydrogens is 331 g/mol. The van der Waals surface area contributed by atoms with E-state index in [1.165, 1.54) is 35.2 Å². The van der Waals surface area contributed by atoms with Crippen LogP contribution in [0.15, 0.2) is 103 Å². The highest BCUT2D eigenvalue weighted by Gasteiger charge is 2.43. The first kappa shape index (κ1) is 18.6. The molecule has 3 aromatic rings. The molecule has 0 N–H and O–H groups in total. The predicted molar refractivity (Wildman–Crippen MR) is 119 cm³/mol. The molecule has 0 saturated heterocycles. The Kier molecular flexibility index (Phi) is 6.81. The Bertz CT molecular complexity index is 695. The van der Waals surface area contributed by atoms with Crippen LogP contribution in [-0.4, -0.2) is 6.16 Å². The van der Waals surface area contributed by atoms with Gasteiger partial charge in [0.15, 0.2) is 0 Å². The average Bonchev–Trinajstić information content (AvgIpc) is 2.73. The van der Waals surface area contributed by atoms with Crippen LogP contribution in [-0.2, 0) is 0 Å². The minimum atomic E-state index is -1.69. The summed E-state index contributed by atoms with van der Waals surface area (Å²) in [6, 6.07) is 33.3. The Morgan fingerprint density at radius 3 is 1.42 bits per heavy atom. The van der Waals surface area contributed by atoms with Gasteiger partial charge in [0.25, 0.3) is 0 Å². The van der Waals surface area contributed by atoms with Gasteiger partial charge in [0.2, 0.25) is 0 Å². The minimum Gasteiger partial charge on any atom is -0.0849 e. The topological polar surface area (TPSA) is 0 Å². The minimum absolute atomic E-state index is 1.08. The van der Waals surface area contributed by atoms with Crippen LogP contribution in [0, 0.1) is 0 Å². The molecule has 0 aliphatic rings. The Hall–Kier alpha value is -2.17. The predicted octanol–water partition coefficient (Wildman–Crippen LogP) is 5.73. The van der Waals surface area contributed by atoms with E-state index in [0.717, 1.165) is 6.16 Å². The van der Waals surface area contributed by atoms with Crippen molar-refractivity contribution >= 4 is 23.2 Å². The van der Waals surface area contributed by atoms with Crippen molar-refractivity contribution < 1.29 is 0 Å². The number of rotatable bonds is 8. The van der Waals surface area contributed by atoms with Gasteiger partial charge in [0.05, 0.1) is 6.16 Å². The summed E-state index contributed by atoms with van der Waals surface area (Å²) in [5.74, 6) is 0. The summed E-state index contributed by atoms with van der Waals surface area (Å²) in [7, 11) is -1.69. The second-order valence-corrected chi connectivity index (χ2v) is 10.1. The highest BCUT2D eigenvalue weighted by Crippen LogP contribution is 2.55. The van der Waals surface area contributed by atoms with Gasteiger partial charge in [-0.1, -0.05) is 86.5 Å². The van der Waals surface area contributed by atoms with Gasteiger partial charge in [-0.05, 0) is 42.8 Å². The second-order valence-electron chi connectivity index (χ2n) is 6.61. The van der Waals surface area contributed by atoms with Crippen molar-refractivity contribution in [2.24, 2.45) is 0 Å². The molecular formula is C25H28P+. The van der Waals surface area contributed by atoms with Gasteiger partial charge in [-0.3, -0.25) is 0 Å². The molecule has 0 unspecified atom stereocenters. The molecule has 0 radical (unpaired) electrons. The molecule has 26 heavy (non-hydrogen) atoms. The fourth-order valence-electron chi connectivity index (χ4n) is 3.48. The first-order chi connectivity index (χ1) is 12.9. The Morgan fingerprint density at radius 1 is 0.615 bits per heavy atom. The Morgan fingerprint density at radius 2 is 1.04 bits per heavy atom. The van der Waals surface area contributed by atoms with E-state index < -0.39 is 7.26 Å². The average molecular weight is 359 g/mol. The van der Waals surface area contributed by atoms with Crippen molar-refractivity contribution in [2.45, 2.75) is 26.2 Å². The maximum atomic E-state index is 2.43. The number of benzene rings is 3. The first-order valence-electron chi connectivity index (χ1n) is 9.58.